The molecular weight excluding hydrogens is 164 g/mol. The Morgan fingerprint density at radius 3 is 2.92 bits per heavy atom. The third-order valence-electron chi connectivity index (χ3n) is 2.08. The van der Waals surface area contributed by atoms with Gasteiger partial charge in [0.2, 0.25) is 0 Å². The van der Waals surface area contributed by atoms with Gasteiger partial charge in [0.1, 0.15) is 6.61 Å². The molecule has 12 heavy (non-hydrogen) atoms. The lowest BCUT2D eigenvalue weighted by atomic mass is 10.1. The Kier molecular flexibility index (Phi) is 4.46. The van der Waals surface area contributed by atoms with Crippen LogP contribution in [0.4, 0.5) is 8.78 Å². The summed E-state index contributed by atoms with van der Waals surface area (Å²) in [5, 5.41) is 3.22. The van der Waals surface area contributed by atoms with Crippen LogP contribution in [0, 0.1) is 5.92 Å². The minimum atomic E-state index is -2.33. The van der Waals surface area contributed by atoms with E-state index in [-0.39, 0.29) is 0 Å². The van der Waals surface area contributed by atoms with Gasteiger partial charge in [0, 0.05) is 6.61 Å². The lowest BCUT2D eigenvalue weighted by Gasteiger charge is -2.07. The predicted octanol–water partition coefficient (Wildman–Crippen LogP) is 1.27. The van der Waals surface area contributed by atoms with E-state index in [0.29, 0.717) is 12.5 Å². The molecule has 0 radical (unpaired) electrons. The van der Waals surface area contributed by atoms with Crippen LogP contribution in [0.1, 0.15) is 12.8 Å². The molecule has 1 N–H and O–H groups in total. The fourth-order valence-electron chi connectivity index (χ4n) is 1.38. The molecule has 72 valence electrons. The molecule has 1 atom stereocenters. The fraction of sp³-hybridized carbons (Fsp3) is 1.00. The SMILES string of the molecule is FC(F)COCCC1CCNC1. The highest BCUT2D eigenvalue weighted by Crippen LogP contribution is 2.11. The third-order valence-corrected chi connectivity index (χ3v) is 2.08. The molecule has 0 aromatic carbocycles. The van der Waals surface area contributed by atoms with Crippen LogP contribution in [-0.2, 0) is 4.74 Å². The lowest BCUT2D eigenvalue weighted by Crippen LogP contribution is -2.12. The van der Waals surface area contributed by atoms with Gasteiger partial charge in [-0.05, 0) is 31.8 Å². The lowest BCUT2D eigenvalue weighted by molar-refractivity contribution is 0.0136. The average Bonchev–Trinajstić information content (AvgIpc) is 2.49. The molecule has 1 fully saturated rings. The van der Waals surface area contributed by atoms with Gasteiger partial charge in [-0.2, -0.15) is 0 Å². The number of ether oxygens (including phenoxy) is 1. The molecule has 1 unspecified atom stereocenters. The average molecular weight is 179 g/mol. The minimum absolute atomic E-state index is 0.417. The summed E-state index contributed by atoms with van der Waals surface area (Å²) in [5.41, 5.74) is 0. The van der Waals surface area contributed by atoms with E-state index in [4.69, 9.17) is 4.74 Å². The minimum Gasteiger partial charge on any atom is -0.376 e. The van der Waals surface area contributed by atoms with Crippen LogP contribution in [-0.4, -0.2) is 32.7 Å². The first kappa shape index (κ1) is 9.86. The van der Waals surface area contributed by atoms with Crippen LogP contribution in [0.15, 0.2) is 0 Å². The van der Waals surface area contributed by atoms with E-state index in [1.54, 1.807) is 0 Å². The van der Waals surface area contributed by atoms with Crippen LogP contribution in [0.5, 0.6) is 0 Å². The molecule has 0 saturated carbocycles. The maximum Gasteiger partial charge on any atom is 0.261 e. The second kappa shape index (κ2) is 5.43. The smallest absolute Gasteiger partial charge is 0.261 e. The monoisotopic (exact) mass is 179 g/mol. The number of hydrogen-bond donors (Lipinski definition) is 1. The Morgan fingerprint density at radius 2 is 2.33 bits per heavy atom. The molecule has 0 bridgehead atoms. The van der Waals surface area contributed by atoms with Crippen LogP contribution in [0.25, 0.3) is 0 Å². The van der Waals surface area contributed by atoms with Crippen molar-refractivity contribution in [2.24, 2.45) is 5.92 Å². The van der Waals surface area contributed by atoms with Crippen molar-refractivity contribution in [3.8, 4) is 0 Å². The Morgan fingerprint density at radius 1 is 1.50 bits per heavy atom. The van der Waals surface area contributed by atoms with Crippen molar-refractivity contribution in [1.82, 2.24) is 5.32 Å². The van der Waals surface area contributed by atoms with Crippen LogP contribution in [0.3, 0.4) is 0 Å². The first-order valence-corrected chi connectivity index (χ1v) is 4.35. The standard InChI is InChI=1S/C8H15F2NO/c9-8(10)6-12-4-2-7-1-3-11-5-7/h7-8,11H,1-6H2. The summed E-state index contributed by atoms with van der Waals surface area (Å²) in [6.07, 6.45) is -0.274. The van der Waals surface area contributed by atoms with Crippen LogP contribution in [0.2, 0.25) is 0 Å². The van der Waals surface area contributed by atoms with Gasteiger partial charge in [0.15, 0.2) is 0 Å². The summed E-state index contributed by atoms with van der Waals surface area (Å²) < 4.78 is 28.0. The Bertz CT molecular complexity index is 116. The quantitative estimate of drug-likeness (QED) is 0.642. The summed E-state index contributed by atoms with van der Waals surface area (Å²) in [6.45, 7) is 2.12. The molecule has 0 amide bonds. The van der Waals surface area contributed by atoms with E-state index >= 15 is 0 Å². The number of rotatable bonds is 5. The molecule has 0 spiro atoms. The normalized spacial score (nSPS) is 23.8. The summed E-state index contributed by atoms with van der Waals surface area (Å²) in [5.74, 6) is 0.627. The van der Waals surface area contributed by atoms with Gasteiger partial charge in [0.25, 0.3) is 6.43 Å². The van der Waals surface area contributed by atoms with Crippen molar-refractivity contribution in [1.29, 1.82) is 0 Å². The number of halogens is 2. The highest BCUT2D eigenvalue weighted by atomic mass is 19.3. The molecule has 4 heteroatoms. The van der Waals surface area contributed by atoms with Crippen molar-refractivity contribution >= 4 is 0 Å². The van der Waals surface area contributed by atoms with E-state index < -0.39 is 13.0 Å². The van der Waals surface area contributed by atoms with Gasteiger partial charge in [0.05, 0.1) is 0 Å². The van der Waals surface area contributed by atoms with Crippen LogP contribution < -0.4 is 5.32 Å². The van der Waals surface area contributed by atoms with Gasteiger partial charge >= 0.3 is 0 Å². The largest absolute Gasteiger partial charge is 0.376 e. The van der Waals surface area contributed by atoms with E-state index in [9.17, 15) is 8.78 Å². The van der Waals surface area contributed by atoms with Crippen molar-refractivity contribution in [3.05, 3.63) is 0 Å². The van der Waals surface area contributed by atoms with E-state index in [1.807, 2.05) is 0 Å². The maximum atomic E-state index is 11.6. The molecule has 0 aromatic heterocycles. The first-order valence-electron chi connectivity index (χ1n) is 4.35. The molecule has 1 aliphatic heterocycles. The molecule has 0 aromatic rings. The van der Waals surface area contributed by atoms with Gasteiger partial charge in [-0.25, -0.2) is 8.78 Å². The zero-order valence-corrected chi connectivity index (χ0v) is 7.06. The molecular formula is C8H15F2NO. The highest BCUT2D eigenvalue weighted by Gasteiger charge is 2.13. The highest BCUT2D eigenvalue weighted by molar-refractivity contribution is 4.70. The second-order valence-corrected chi connectivity index (χ2v) is 3.11. The summed E-state index contributed by atoms with van der Waals surface area (Å²) >= 11 is 0. The summed E-state index contributed by atoms with van der Waals surface area (Å²) in [6, 6.07) is 0. The van der Waals surface area contributed by atoms with Crippen LogP contribution >= 0.6 is 0 Å². The van der Waals surface area contributed by atoms with Gasteiger partial charge in [-0.1, -0.05) is 0 Å². The molecule has 1 heterocycles. The molecule has 1 saturated heterocycles. The topological polar surface area (TPSA) is 21.3 Å². The first-order chi connectivity index (χ1) is 5.79. The molecule has 2 nitrogen and oxygen atoms in total. The fourth-order valence-corrected chi connectivity index (χ4v) is 1.38. The second-order valence-electron chi connectivity index (χ2n) is 3.11. The zero-order valence-electron chi connectivity index (χ0n) is 7.06. The molecule has 1 aliphatic rings. The summed E-state index contributed by atoms with van der Waals surface area (Å²) in [4.78, 5) is 0. The Labute approximate surface area is 71.3 Å². The van der Waals surface area contributed by atoms with Gasteiger partial charge in [-0.15, -0.1) is 0 Å². The Balaban J connectivity index is 1.88. The number of hydrogen-bond acceptors (Lipinski definition) is 2. The zero-order chi connectivity index (χ0) is 8.81. The number of alkyl halides is 2. The maximum absolute atomic E-state index is 11.6. The van der Waals surface area contributed by atoms with E-state index in [0.717, 1.165) is 25.9 Å². The molecule has 1 rings (SSSR count). The van der Waals surface area contributed by atoms with E-state index in [1.165, 1.54) is 0 Å². The third kappa shape index (κ3) is 3.97. The van der Waals surface area contributed by atoms with Gasteiger partial charge in [-0.3, -0.25) is 0 Å². The summed E-state index contributed by atoms with van der Waals surface area (Å²) in [7, 11) is 0. The van der Waals surface area contributed by atoms with Crippen molar-refractivity contribution in [3.63, 3.8) is 0 Å². The van der Waals surface area contributed by atoms with Crippen molar-refractivity contribution in [2.75, 3.05) is 26.3 Å². The number of nitrogens with one attached hydrogen (secondary N) is 1. The van der Waals surface area contributed by atoms with E-state index in [2.05, 4.69) is 5.32 Å². The van der Waals surface area contributed by atoms with Crippen molar-refractivity contribution in [2.45, 2.75) is 19.3 Å². The van der Waals surface area contributed by atoms with Crippen molar-refractivity contribution < 1.29 is 13.5 Å². The van der Waals surface area contributed by atoms with Gasteiger partial charge < -0.3 is 10.1 Å². The molecule has 0 aliphatic carbocycles. The predicted molar refractivity (Wildman–Crippen MR) is 42.4 cm³/mol. The Hall–Kier alpha value is -0.220.